The first-order chi connectivity index (χ1) is 7.27. The Morgan fingerprint density at radius 1 is 1.40 bits per heavy atom. The third-order valence-corrected chi connectivity index (χ3v) is 2.22. The van der Waals surface area contributed by atoms with Crippen molar-refractivity contribution < 1.29 is 0 Å². The van der Waals surface area contributed by atoms with Crippen molar-refractivity contribution >= 4 is 11.2 Å². The molecule has 0 amide bonds. The van der Waals surface area contributed by atoms with Gasteiger partial charge in [0.1, 0.15) is 18.2 Å². The molecule has 0 saturated carbocycles. The molecular weight excluding hydrogens is 190 g/mol. The molecule has 0 unspecified atom stereocenters. The van der Waals surface area contributed by atoms with E-state index in [1.807, 2.05) is 4.68 Å². The molecule has 80 valence electrons. The van der Waals surface area contributed by atoms with Gasteiger partial charge in [-0.1, -0.05) is 13.8 Å². The fraction of sp³-hybridized carbons (Fsp3) is 0.500. The molecule has 0 saturated heterocycles. The van der Waals surface area contributed by atoms with Crippen LogP contribution in [0.15, 0.2) is 18.9 Å². The number of rotatable bonds is 4. The van der Waals surface area contributed by atoms with Crippen LogP contribution in [0.5, 0.6) is 0 Å². The Kier molecular flexibility index (Phi) is 2.80. The minimum absolute atomic E-state index is 0.696. The van der Waals surface area contributed by atoms with E-state index in [9.17, 15) is 0 Å². The molecule has 1 N–H and O–H groups in total. The molecule has 0 aromatic carbocycles. The van der Waals surface area contributed by atoms with Gasteiger partial charge in [0.25, 0.3) is 0 Å². The van der Waals surface area contributed by atoms with Crippen molar-refractivity contribution in [2.45, 2.75) is 20.3 Å². The average Bonchev–Trinajstić information content (AvgIpc) is 2.62. The molecule has 0 aliphatic rings. The lowest BCUT2D eigenvalue weighted by Gasteiger charge is -2.08. The highest BCUT2D eigenvalue weighted by atomic mass is 15.4. The Bertz CT molecular complexity index is 434. The first-order valence-electron chi connectivity index (χ1n) is 5.14. The Labute approximate surface area is 88.5 Å². The highest BCUT2D eigenvalue weighted by Gasteiger charge is 2.02. The number of fused-ring (bicyclic) bond motifs is 1. The maximum Gasteiger partial charge on any atom is 0.181 e. The van der Waals surface area contributed by atoms with Crippen molar-refractivity contribution in [1.29, 1.82) is 0 Å². The van der Waals surface area contributed by atoms with Crippen LogP contribution in [0.3, 0.4) is 0 Å². The minimum Gasteiger partial charge on any atom is -0.323 e. The highest BCUT2D eigenvalue weighted by Crippen LogP contribution is 2.05. The lowest BCUT2D eigenvalue weighted by atomic mass is 10.1. The van der Waals surface area contributed by atoms with Crippen molar-refractivity contribution in [1.82, 2.24) is 19.6 Å². The smallest absolute Gasteiger partial charge is 0.181 e. The van der Waals surface area contributed by atoms with E-state index in [4.69, 9.17) is 0 Å². The molecule has 0 bridgehead atoms. The SMILES string of the molecule is CC(C)CCNn1cnc2cncnc21. The first-order valence-corrected chi connectivity index (χ1v) is 5.14. The van der Waals surface area contributed by atoms with Gasteiger partial charge in [-0.3, -0.25) is 0 Å². The van der Waals surface area contributed by atoms with Crippen molar-refractivity contribution in [2.75, 3.05) is 12.0 Å². The molecule has 2 rings (SSSR count). The summed E-state index contributed by atoms with van der Waals surface area (Å²) in [5.74, 6) is 0.696. The normalized spacial score (nSPS) is 11.1. The quantitative estimate of drug-likeness (QED) is 0.820. The van der Waals surface area contributed by atoms with Crippen LogP contribution in [-0.4, -0.2) is 26.2 Å². The van der Waals surface area contributed by atoms with Crippen LogP contribution in [-0.2, 0) is 0 Å². The van der Waals surface area contributed by atoms with Crippen molar-refractivity contribution in [2.24, 2.45) is 5.92 Å². The van der Waals surface area contributed by atoms with Gasteiger partial charge >= 0.3 is 0 Å². The lowest BCUT2D eigenvalue weighted by Crippen LogP contribution is -2.16. The molecule has 0 radical (unpaired) electrons. The van der Waals surface area contributed by atoms with E-state index < -0.39 is 0 Å². The third kappa shape index (κ3) is 2.23. The molecule has 2 aromatic heterocycles. The van der Waals surface area contributed by atoms with Gasteiger partial charge in [0.15, 0.2) is 5.65 Å². The van der Waals surface area contributed by atoms with Crippen LogP contribution in [0.25, 0.3) is 11.2 Å². The molecule has 0 spiro atoms. The molecule has 0 atom stereocenters. The molecule has 0 aliphatic carbocycles. The summed E-state index contributed by atoms with van der Waals surface area (Å²) in [6.45, 7) is 5.33. The number of imidazole rings is 1. The van der Waals surface area contributed by atoms with E-state index in [1.54, 1.807) is 12.5 Å². The maximum absolute atomic E-state index is 4.19. The topological polar surface area (TPSA) is 55.6 Å². The molecule has 5 heteroatoms. The van der Waals surface area contributed by atoms with Crippen LogP contribution in [0.4, 0.5) is 0 Å². The van der Waals surface area contributed by atoms with E-state index in [-0.39, 0.29) is 0 Å². The predicted molar refractivity (Wildman–Crippen MR) is 59.0 cm³/mol. The van der Waals surface area contributed by atoms with E-state index in [1.165, 1.54) is 6.33 Å². The largest absolute Gasteiger partial charge is 0.323 e. The summed E-state index contributed by atoms with van der Waals surface area (Å²) in [6, 6.07) is 0. The van der Waals surface area contributed by atoms with Gasteiger partial charge in [0, 0.05) is 6.54 Å². The van der Waals surface area contributed by atoms with Crippen LogP contribution in [0, 0.1) is 5.92 Å². The van der Waals surface area contributed by atoms with Crippen molar-refractivity contribution in [3.63, 3.8) is 0 Å². The predicted octanol–water partition coefficient (Wildman–Crippen LogP) is 1.42. The molecule has 2 heterocycles. The zero-order valence-corrected chi connectivity index (χ0v) is 9.01. The fourth-order valence-electron chi connectivity index (χ4n) is 1.36. The Balaban J connectivity index is 2.08. The fourth-order valence-corrected chi connectivity index (χ4v) is 1.36. The van der Waals surface area contributed by atoms with E-state index in [0.29, 0.717) is 5.92 Å². The summed E-state index contributed by atoms with van der Waals surface area (Å²) in [5.41, 5.74) is 4.90. The van der Waals surface area contributed by atoms with Gasteiger partial charge in [-0.25, -0.2) is 19.6 Å². The second-order valence-electron chi connectivity index (χ2n) is 3.94. The van der Waals surface area contributed by atoms with Crippen LogP contribution < -0.4 is 5.43 Å². The zero-order chi connectivity index (χ0) is 10.7. The van der Waals surface area contributed by atoms with Gasteiger partial charge in [-0.05, 0) is 12.3 Å². The van der Waals surface area contributed by atoms with Crippen LogP contribution in [0.1, 0.15) is 20.3 Å². The zero-order valence-electron chi connectivity index (χ0n) is 9.01. The van der Waals surface area contributed by atoms with Crippen LogP contribution >= 0.6 is 0 Å². The van der Waals surface area contributed by atoms with Gasteiger partial charge in [0.05, 0.1) is 6.20 Å². The minimum atomic E-state index is 0.696. The summed E-state index contributed by atoms with van der Waals surface area (Å²) < 4.78 is 1.85. The summed E-state index contributed by atoms with van der Waals surface area (Å²) >= 11 is 0. The number of nitrogens with one attached hydrogen (secondary N) is 1. The number of hydrogen-bond acceptors (Lipinski definition) is 4. The molecule has 0 fully saturated rings. The van der Waals surface area contributed by atoms with Gasteiger partial charge in [-0.15, -0.1) is 0 Å². The number of nitrogens with zero attached hydrogens (tertiary/aromatic N) is 4. The summed E-state index contributed by atoms with van der Waals surface area (Å²) in [4.78, 5) is 12.3. The second kappa shape index (κ2) is 4.25. The number of aromatic nitrogens is 4. The molecule has 0 aliphatic heterocycles. The molecular formula is C10H15N5. The van der Waals surface area contributed by atoms with Gasteiger partial charge in [0.2, 0.25) is 0 Å². The summed E-state index contributed by atoms with van der Waals surface area (Å²) in [6.07, 6.45) is 6.11. The van der Waals surface area contributed by atoms with Crippen molar-refractivity contribution in [3.8, 4) is 0 Å². The van der Waals surface area contributed by atoms with E-state index >= 15 is 0 Å². The molecule has 2 aromatic rings. The summed E-state index contributed by atoms with van der Waals surface area (Å²) in [7, 11) is 0. The second-order valence-corrected chi connectivity index (χ2v) is 3.94. The Morgan fingerprint density at radius 2 is 2.27 bits per heavy atom. The van der Waals surface area contributed by atoms with Gasteiger partial charge < -0.3 is 5.43 Å². The monoisotopic (exact) mass is 205 g/mol. The lowest BCUT2D eigenvalue weighted by molar-refractivity contribution is 0.590. The summed E-state index contributed by atoms with van der Waals surface area (Å²) in [5, 5.41) is 0. The molecule has 5 nitrogen and oxygen atoms in total. The standard InChI is InChI=1S/C10H15N5/c1-8(2)3-4-14-15-7-13-9-5-11-6-12-10(9)15/h5-8,14H,3-4H2,1-2H3. The molecule has 15 heavy (non-hydrogen) atoms. The number of hydrogen-bond donors (Lipinski definition) is 1. The van der Waals surface area contributed by atoms with E-state index in [2.05, 4.69) is 34.2 Å². The Morgan fingerprint density at radius 3 is 3.07 bits per heavy atom. The maximum atomic E-state index is 4.19. The Hall–Kier alpha value is -1.65. The van der Waals surface area contributed by atoms with E-state index in [0.717, 1.165) is 24.1 Å². The first kappa shape index (κ1) is 9.89. The van der Waals surface area contributed by atoms with Crippen LogP contribution in [0.2, 0.25) is 0 Å². The van der Waals surface area contributed by atoms with Crippen molar-refractivity contribution in [3.05, 3.63) is 18.9 Å². The average molecular weight is 205 g/mol. The highest BCUT2D eigenvalue weighted by molar-refractivity contribution is 5.69. The third-order valence-electron chi connectivity index (χ3n) is 2.22. The van der Waals surface area contributed by atoms with Gasteiger partial charge in [-0.2, -0.15) is 0 Å².